The molecule has 0 radical (unpaired) electrons. The fraction of sp³-hybridized carbons (Fsp3) is 0.0500. The molecule has 0 aliphatic rings. The van der Waals surface area contributed by atoms with E-state index in [9.17, 15) is 0 Å². The van der Waals surface area contributed by atoms with Crippen molar-refractivity contribution in [3.8, 4) is 6.07 Å². The Bertz CT molecular complexity index is 1150. The van der Waals surface area contributed by atoms with Crippen molar-refractivity contribution in [2.24, 2.45) is 0 Å². The molecule has 0 aliphatic carbocycles. The van der Waals surface area contributed by atoms with Gasteiger partial charge < -0.3 is 10.6 Å². The molecule has 0 saturated heterocycles. The van der Waals surface area contributed by atoms with Crippen LogP contribution in [0.15, 0.2) is 71.9 Å². The third-order valence-electron chi connectivity index (χ3n) is 4.02. The Kier molecular flexibility index (Phi) is 5.45. The van der Waals surface area contributed by atoms with Gasteiger partial charge in [-0.2, -0.15) is 15.3 Å². The van der Waals surface area contributed by atoms with E-state index in [0.717, 1.165) is 16.9 Å². The van der Waals surface area contributed by atoms with Crippen LogP contribution in [0.1, 0.15) is 11.1 Å². The van der Waals surface area contributed by atoms with E-state index in [1.54, 1.807) is 29.3 Å². The van der Waals surface area contributed by atoms with Gasteiger partial charge in [-0.25, -0.2) is 14.6 Å². The Labute approximate surface area is 175 Å². The Morgan fingerprint density at radius 2 is 1.93 bits per heavy atom. The summed E-state index contributed by atoms with van der Waals surface area (Å²) in [5.74, 6) is 1.05. The maximum absolute atomic E-state index is 9.05. The van der Waals surface area contributed by atoms with Gasteiger partial charge in [-0.15, -0.1) is 0 Å². The number of hydrogen-bond acceptors (Lipinski definition) is 7. The molecule has 0 unspecified atom stereocenters. The maximum atomic E-state index is 9.05. The zero-order valence-corrected chi connectivity index (χ0v) is 16.7. The molecule has 142 valence electrons. The third kappa shape index (κ3) is 4.75. The zero-order valence-electron chi connectivity index (χ0n) is 15.1. The summed E-state index contributed by atoms with van der Waals surface area (Å²) < 4.78 is 2.48. The summed E-state index contributed by atoms with van der Waals surface area (Å²) in [5, 5.41) is 19.6. The lowest BCUT2D eigenvalue weighted by Gasteiger charge is -2.11. The molecule has 4 rings (SSSR count). The molecule has 0 spiro atoms. The Morgan fingerprint density at radius 3 is 2.69 bits per heavy atom. The number of aromatic nitrogens is 5. The van der Waals surface area contributed by atoms with Crippen LogP contribution in [0.5, 0.6) is 0 Å². The summed E-state index contributed by atoms with van der Waals surface area (Å²) in [7, 11) is 0. The highest BCUT2D eigenvalue weighted by atomic mass is 79.9. The molecule has 9 heteroatoms. The third-order valence-corrected chi connectivity index (χ3v) is 4.60. The van der Waals surface area contributed by atoms with Gasteiger partial charge in [0.25, 0.3) is 0 Å². The van der Waals surface area contributed by atoms with Crippen LogP contribution in [0, 0.1) is 11.3 Å². The fourth-order valence-corrected chi connectivity index (χ4v) is 2.93. The molecule has 0 fully saturated rings. The van der Waals surface area contributed by atoms with Crippen LogP contribution >= 0.6 is 15.9 Å². The van der Waals surface area contributed by atoms with Crippen LogP contribution in [-0.2, 0) is 6.54 Å². The predicted molar refractivity (Wildman–Crippen MR) is 113 cm³/mol. The normalized spacial score (nSPS) is 10.3. The smallest absolute Gasteiger partial charge is 0.229 e. The molecular weight excluding hydrogens is 432 g/mol. The number of benzene rings is 2. The van der Waals surface area contributed by atoms with Crippen LogP contribution in [-0.4, -0.2) is 24.7 Å². The Morgan fingerprint density at radius 1 is 1.07 bits per heavy atom. The predicted octanol–water partition coefficient (Wildman–Crippen LogP) is 4.24. The zero-order chi connectivity index (χ0) is 20.1. The number of nitriles is 1. The summed E-state index contributed by atoms with van der Waals surface area (Å²) in [6.07, 6.45) is 4.87. The molecule has 0 aliphatic heterocycles. The first kappa shape index (κ1) is 18.6. The lowest BCUT2D eigenvalue weighted by molar-refractivity contribution is 0.685. The second-order valence-corrected chi connectivity index (χ2v) is 6.98. The van der Waals surface area contributed by atoms with Crippen molar-refractivity contribution >= 4 is 39.1 Å². The molecule has 2 aromatic carbocycles. The van der Waals surface area contributed by atoms with E-state index in [0.29, 0.717) is 28.3 Å². The van der Waals surface area contributed by atoms with Crippen LogP contribution in [0.25, 0.3) is 0 Å². The minimum atomic E-state index is 0.455. The van der Waals surface area contributed by atoms with Crippen LogP contribution in [0.4, 0.5) is 23.1 Å². The molecule has 4 aromatic rings. The van der Waals surface area contributed by atoms with Crippen LogP contribution < -0.4 is 10.6 Å². The largest absolute Gasteiger partial charge is 0.339 e. The van der Waals surface area contributed by atoms with Gasteiger partial charge in [0.2, 0.25) is 5.95 Å². The fourth-order valence-electron chi connectivity index (χ4n) is 2.64. The average molecular weight is 447 g/mol. The standard InChI is InChI=1S/C20H15BrN8/c21-18-10-24-20(28-19(18)26-17-3-1-2-15(8-17)9-22)27-16-6-4-14(5-7-16)11-29-13-23-12-25-29/h1-8,10,12-13H,11H2,(H2,24,26,27,28). The van der Waals surface area contributed by atoms with E-state index < -0.39 is 0 Å². The van der Waals surface area contributed by atoms with Gasteiger partial charge in [-0.05, 0) is 51.8 Å². The number of nitrogens with zero attached hydrogens (tertiary/aromatic N) is 6. The molecule has 8 nitrogen and oxygen atoms in total. The first-order valence-electron chi connectivity index (χ1n) is 8.68. The van der Waals surface area contributed by atoms with E-state index in [-0.39, 0.29) is 0 Å². The van der Waals surface area contributed by atoms with Crippen molar-refractivity contribution in [2.75, 3.05) is 10.6 Å². The van der Waals surface area contributed by atoms with Gasteiger partial charge in [0.1, 0.15) is 18.5 Å². The highest BCUT2D eigenvalue weighted by Gasteiger charge is 2.07. The van der Waals surface area contributed by atoms with E-state index in [1.807, 2.05) is 36.4 Å². The summed E-state index contributed by atoms with van der Waals surface area (Å²) in [5.41, 5.74) is 3.32. The van der Waals surface area contributed by atoms with E-state index in [1.165, 1.54) is 6.33 Å². The van der Waals surface area contributed by atoms with Crippen molar-refractivity contribution in [2.45, 2.75) is 6.54 Å². The lowest BCUT2D eigenvalue weighted by Crippen LogP contribution is -2.02. The number of halogens is 1. The summed E-state index contributed by atoms with van der Waals surface area (Å²) in [4.78, 5) is 12.8. The molecule has 29 heavy (non-hydrogen) atoms. The number of rotatable bonds is 6. The number of nitrogens with one attached hydrogen (secondary N) is 2. The lowest BCUT2D eigenvalue weighted by atomic mass is 10.2. The number of anilines is 4. The molecular formula is C20H15BrN8. The Hall–Kier alpha value is -3.77. The first-order valence-corrected chi connectivity index (χ1v) is 9.47. The molecule has 2 aromatic heterocycles. The highest BCUT2D eigenvalue weighted by molar-refractivity contribution is 9.10. The van der Waals surface area contributed by atoms with Gasteiger partial charge in [-0.1, -0.05) is 18.2 Å². The molecule has 0 saturated carbocycles. The van der Waals surface area contributed by atoms with Crippen LogP contribution in [0.3, 0.4) is 0 Å². The number of hydrogen-bond donors (Lipinski definition) is 2. The minimum absolute atomic E-state index is 0.455. The molecule has 2 heterocycles. The summed E-state index contributed by atoms with van der Waals surface area (Å²) in [6, 6.07) is 17.3. The van der Waals surface area contributed by atoms with Gasteiger partial charge >= 0.3 is 0 Å². The van der Waals surface area contributed by atoms with Crippen molar-refractivity contribution in [1.29, 1.82) is 5.26 Å². The quantitative estimate of drug-likeness (QED) is 0.456. The minimum Gasteiger partial charge on any atom is -0.339 e. The molecule has 2 N–H and O–H groups in total. The van der Waals surface area contributed by atoms with Crippen LogP contribution in [0.2, 0.25) is 0 Å². The monoisotopic (exact) mass is 446 g/mol. The van der Waals surface area contributed by atoms with Gasteiger partial charge in [-0.3, -0.25) is 0 Å². The van der Waals surface area contributed by atoms with Crippen molar-refractivity contribution in [3.05, 3.63) is 83.0 Å². The van der Waals surface area contributed by atoms with Crippen molar-refractivity contribution in [1.82, 2.24) is 24.7 Å². The molecule has 0 bridgehead atoms. The summed E-state index contributed by atoms with van der Waals surface area (Å²) >= 11 is 3.45. The van der Waals surface area contributed by atoms with Crippen molar-refractivity contribution < 1.29 is 0 Å². The summed E-state index contributed by atoms with van der Waals surface area (Å²) in [6.45, 7) is 0.658. The average Bonchev–Trinajstić information content (AvgIpc) is 3.25. The van der Waals surface area contributed by atoms with E-state index in [4.69, 9.17) is 5.26 Å². The SMILES string of the molecule is N#Cc1cccc(Nc2nc(Nc3ccc(Cn4cncn4)cc3)ncc2Br)c1. The van der Waals surface area contributed by atoms with Gasteiger partial charge in [0.15, 0.2) is 0 Å². The molecule has 0 amide bonds. The maximum Gasteiger partial charge on any atom is 0.229 e. The second kappa shape index (κ2) is 8.50. The molecule has 0 atom stereocenters. The Balaban J connectivity index is 1.47. The highest BCUT2D eigenvalue weighted by Crippen LogP contribution is 2.25. The van der Waals surface area contributed by atoms with E-state index >= 15 is 0 Å². The topological polar surface area (TPSA) is 104 Å². The van der Waals surface area contributed by atoms with Gasteiger partial charge in [0, 0.05) is 17.6 Å². The first-order chi connectivity index (χ1) is 14.2. The second-order valence-electron chi connectivity index (χ2n) is 6.12. The van der Waals surface area contributed by atoms with Gasteiger partial charge in [0.05, 0.1) is 22.7 Å². The van der Waals surface area contributed by atoms with E-state index in [2.05, 4.69) is 52.7 Å². The van der Waals surface area contributed by atoms with Crippen molar-refractivity contribution in [3.63, 3.8) is 0 Å².